The van der Waals surface area contributed by atoms with Crippen molar-refractivity contribution in [2.24, 2.45) is 0 Å². The van der Waals surface area contributed by atoms with Gasteiger partial charge >= 0.3 is 0 Å². The monoisotopic (exact) mass is 229 g/mol. The summed E-state index contributed by atoms with van der Waals surface area (Å²) in [5.74, 6) is 1.97. The summed E-state index contributed by atoms with van der Waals surface area (Å²) in [5.41, 5.74) is 0. The molecule has 86 valence electrons. The lowest BCUT2D eigenvalue weighted by Crippen LogP contribution is -2.55. The van der Waals surface area contributed by atoms with Gasteiger partial charge in [-0.15, -0.1) is 11.8 Å². The molecule has 2 aliphatic heterocycles. The number of hydrogen-bond acceptors (Lipinski definition) is 4. The van der Waals surface area contributed by atoms with Crippen LogP contribution in [-0.2, 0) is 4.79 Å². The molecule has 2 fully saturated rings. The summed E-state index contributed by atoms with van der Waals surface area (Å²) >= 11 is 1.79. The Morgan fingerprint density at radius 1 is 1.47 bits per heavy atom. The standard InChI is InChI=1S/C10H19N3OS/c1-7-8(3-2-4-11-7)13-10(14)9-5-15-6-12-9/h7-9,11-12H,2-6H2,1H3,(H,13,14). The van der Waals surface area contributed by atoms with Crippen LogP contribution in [0.2, 0.25) is 0 Å². The van der Waals surface area contributed by atoms with Gasteiger partial charge in [-0.1, -0.05) is 0 Å². The maximum absolute atomic E-state index is 11.8. The van der Waals surface area contributed by atoms with Crippen molar-refractivity contribution in [3.05, 3.63) is 0 Å². The van der Waals surface area contributed by atoms with Crippen LogP contribution in [0.3, 0.4) is 0 Å². The van der Waals surface area contributed by atoms with E-state index in [0.717, 1.165) is 31.0 Å². The maximum atomic E-state index is 11.8. The second kappa shape index (κ2) is 5.18. The lowest BCUT2D eigenvalue weighted by atomic mass is 9.99. The highest BCUT2D eigenvalue weighted by Gasteiger charge is 2.27. The van der Waals surface area contributed by atoms with Crippen molar-refractivity contribution in [1.82, 2.24) is 16.0 Å². The van der Waals surface area contributed by atoms with Crippen LogP contribution in [0.15, 0.2) is 0 Å². The predicted molar refractivity (Wildman–Crippen MR) is 62.9 cm³/mol. The van der Waals surface area contributed by atoms with E-state index < -0.39 is 0 Å². The van der Waals surface area contributed by atoms with Gasteiger partial charge in [-0.25, -0.2) is 0 Å². The van der Waals surface area contributed by atoms with E-state index >= 15 is 0 Å². The van der Waals surface area contributed by atoms with Crippen LogP contribution in [0.4, 0.5) is 0 Å². The second-order valence-corrected chi connectivity index (χ2v) is 5.30. The second-order valence-electron chi connectivity index (χ2n) is 4.27. The molecule has 1 amide bonds. The topological polar surface area (TPSA) is 53.2 Å². The normalized spacial score (nSPS) is 36.5. The number of nitrogens with one attached hydrogen (secondary N) is 3. The van der Waals surface area contributed by atoms with Crippen LogP contribution in [0.5, 0.6) is 0 Å². The zero-order valence-electron chi connectivity index (χ0n) is 9.08. The summed E-state index contributed by atoms with van der Waals surface area (Å²) in [5, 5.41) is 9.71. The third kappa shape index (κ3) is 2.86. The largest absolute Gasteiger partial charge is 0.350 e. The van der Waals surface area contributed by atoms with E-state index in [0.29, 0.717) is 12.1 Å². The molecule has 3 atom stereocenters. The highest BCUT2D eigenvalue weighted by molar-refractivity contribution is 7.99. The lowest BCUT2D eigenvalue weighted by Gasteiger charge is -2.31. The van der Waals surface area contributed by atoms with Crippen LogP contribution in [0, 0.1) is 0 Å². The zero-order valence-corrected chi connectivity index (χ0v) is 9.90. The predicted octanol–water partition coefficient (Wildman–Crippen LogP) is -0.0944. The fourth-order valence-electron chi connectivity index (χ4n) is 2.09. The SMILES string of the molecule is CC1NCCCC1NC(=O)C1CSCN1. The van der Waals surface area contributed by atoms with Crippen LogP contribution in [-0.4, -0.2) is 42.2 Å². The van der Waals surface area contributed by atoms with Gasteiger partial charge in [-0.3, -0.25) is 10.1 Å². The number of hydrogen-bond donors (Lipinski definition) is 3. The van der Waals surface area contributed by atoms with E-state index in [4.69, 9.17) is 0 Å². The molecule has 2 aliphatic rings. The maximum Gasteiger partial charge on any atom is 0.238 e. The van der Waals surface area contributed by atoms with E-state index in [-0.39, 0.29) is 11.9 Å². The van der Waals surface area contributed by atoms with Gasteiger partial charge < -0.3 is 10.6 Å². The molecule has 3 N–H and O–H groups in total. The van der Waals surface area contributed by atoms with Crippen molar-refractivity contribution >= 4 is 17.7 Å². The van der Waals surface area contributed by atoms with Crippen LogP contribution in [0.25, 0.3) is 0 Å². The van der Waals surface area contributed by atoms with Crippen molar-refractivity contribution in [2.45, 2.75) is 37.9 Å². The molecule has 0 spiro atoms. The van der Waals surface area contributed by atoms with Crippen molar-refractivity contribution in [3.63, 3.8) is 0 Å². The molecule has 5 heteroatoms. The summed E-state index contributed by atoms with van der Waals surface area (Å²) in [7, 11) is 0. The third-order valence-electron chi connectivity index (χ3n) is 3.12. The molecule has 0 aromatic rings. The first-order valence-corrected chi connectivity index (χ1v) is 6.78. The Labute approximate surface area is 94.9 Å². The minimum atomic E-state index is 0.0177. The highest BCUT2D eigenvalue weighted by Crippen LogP contribution is 2.12. The van der Waals surface area contributed by atoms with Gasteiger partial charge in [0.25, 0.3) is 0 Å². The molecule has 0 bridgehead atoms. The van der Waals surface area contributed by atoms with Crippen molar-refractivity contribution in [3.8, 4) is 0 Å². The minimum Gasteiger partial charge on any atom is -0.350 e. The molecule has 0 aromatic carbocycles. The molecule has 0 aromatic heterocycles. The van der Waals surface area contributed by atoms with Gasteiger partial charge in [0, 0.05) is 23.7 Å². The van der Waals surface area contributed by atoms with Gasteiger partial charge in [0.1, 0.15) is 0 Å². The Morgan fingerprint density at radius 3 is 3.00 bits per heavy atom. The Morgan fingerprint density at radius 2 is 2.33 bits per heavy atom. The molecule has 3 unspecified atom stereocenters. The summed E-state index contributed by atoms with van der Waals surface area (Å²) in [6.07, 6.45) is 2.25. The van der Waals surface area contributed by atoms with Crippen LogP contribution in [0.1, 0.15) is 19.8 Å². The van der Waals surface area contributed by atoms with Crippen LogP contribution >= 0.6 is 11.8 Å². The van der Waals surface area contributed by atoms with E-state index in [2.05, 4.69) is 22.9 Å². The third-order valence-corrected chi connectivity index (χ3v) is 4.06. The van der Waals surface area contributed by atoms with Crippen molar-refractivity contribution < 1.29 is 4.79 Å². The molecule has 2 rings (SSSR count). The van der Waals surface area contributed by atoms with Gasteiger partial charge in [0.2, 0.25) is 5.91 Å². The van der Waals surface area contributed by atoms with Crippen molar-refractivity contribution in [2.75, 3.05) is 18.2 Å². The fraction of sp³-hybridized carbons (Fsp3) is 0.900. The fourth-order valence-corrected chi connectivity index (χ4v) is 3.03. The Bertz CT molecular complexity index is 231. The highest BCUT2D eigenvalue weighted by atomic mass is 32.2. The smallest absolute Gasteiger partial charge is 0.238 e. The number of rotatable bonds is 2. The molecule has 15 heavy (non-hydrogen) atoms. The van der Waals surface area contributed by atoms with E-state index in [1.807, 2.05) is 0 Å². The number of thioether (sulfide) groups is 1. The molecule has 0 aliphatic carbocycles. The Hall–Kier alpha value is -0.260. The summed E-state index contributed by atoms with van der Waals surface area (Å²) in [6.45, 7) is 3.21. The van der Waals surface area contributed by atoms with E-state index in [1.54, 1.807) is 11.8 Å². The van der Waals surface area contributed by atoms with Gasteiger partial charge in [0.15, 0.2) is 0 Å². The van der Waals surface area contributed by atoms with E-state index in [9.17, 15) is 4.79 Å². The average Bonchev–Trinajstić information content (AvgIpc) is 2.74. The first-order valence-electron chi connectivity index (χ1n) is 5.62. The number of piperidine rings is 1. The molecular weight excluding hydrogens is 210 g/mol. The number of carbonyl (C=O) groups excluding carboxylic acids is 1. The van der Waals surface area contributed by atoms with Crippen molar-refractivity contribution in [1.29, 1.82) is 0 Å². The molecule has 0 saturated carbocycles. The Kier molecular flexibility index (Phi) is 3.88. The number of amides is 1. The summed E-state index contributed by atoms with van der Waals surface area (Å²) in [6, 6.07) is 0.722. The lowest BCUT2D eigenvalue weighted by molar-refractivity contribution is -0.123. The molecule has 2 heterocycles. The first kappa shape index (κ1) is 11.2. The molecule has 2 saturated heterocycles. The first-order chi connectivity index (χ1) is 7.27. The Balaban J connectivity index is 1.81. The van der Waals surface area contributed by atoms with Gasteiger partial charge in [-0.05, 0) is 26.3 Å². The average molecular weight is 229 g/mol. The summed E-state index contributed by atoms with van der Waals surface area (Å²) < 4.78 is 0. The minimum absolute atomic E-state index is 0.0177. The summed E-state index contributed by atoms with van der Waals surface area (Å²) in [4.78, 5) is 11.8. The van der Waals surface area contributed by atoms with E-state index in [1.165, 1.54) is 0 Å². The quantitative estimate of drug-likeness (QED) is 0.619. The molecule has 4 nitrogen and oxygen atoms in total. The molecular formula is C10H19N3OS. The zero-order chi connectivity index (χ0) is 10.7. The molecule has 0 radical (unpaired) electrons. The van der Waals surface area contributed by atoms with Crippen LogP contribution < -0.4 is 16.0 Å². The van der Waals surface area contributed by atoms with Gasteiger partial charge in [0.05, 0.1) is 6.04 Å². The number of carbonyl (C=O) groups is 1. The van der Waals surface area contributed by atoms with Gasteiger partial charge in [-0.2, -0.15) is 0 Å².